The average molecular weight is 472 g/mol. The smallest absolute Gasteiger partial charge is 0.330 e. The number of aliphatic hydroxyl groups excluding tert-OH is 1. The summed E-state index contributed by atoms with van der Waals surface area (Å²) in [5.41, 5.74) is 1.31. The van der Waals surface area contributed by atoms with E-state index in [9.17, 15) is 24.9 Å². The molecule has 7 nitrogen and oxygen atoms in total. The normalized spacial score (nSPS) is 20.9. The second kappa shape index (κ2) is 9.27. The van der Waals surface area contributed by atoms with E-state index in [1.54, 1.807) is 36.4 Å². The van der Waals surface area contributed by atoms with Crippen LogP contribution in [0.4, 0.5) is 0 Å². The minimum absolute atomic E-state index is 0.0123. The molecule has 0 fully saturated rings. The number of cyclic esters (lactones) is 1. The van der Waals surface area contributed by atoms with Crippen molar-refractivity contribution in [3.63, 3.8) is 0 Å². The van der Waals surface area contributed by atoms with Gasteiger partial charge in [-0.05, 0) is 11.1 Å². The summed E-state index contributed by atoms with van der Waals surface area (Å²) < 4.78 is 11.3. The highest BCUT2D eigenvalue weighted by atomic mass is 16.6. The minimum atomic E-state index is -1.31. The molecule has 0 aliphatic carbocycles. The molecule has 2 heterocycles. The van der Waals surface area contributed by atoms with E-state index in [2.05, 4.69) is 0 Å². The maximum atomic E-state index is 13.2. The van der Waals surface area contributed by atoms with E-state index in [1.807, 2.05) is 30.3 Å². The summed E-state index contributed by atoms with van der Waals surface area (Å²) in [6, 6.07) is 19.3. The van der Waals surface area contributed by atoms with Gasteiger partial charge in [0.1, 0.15) is 41.1 Å². The van der Waals surface area contributed by atoms with Crippen molar-refractivity contribution in [2.24, 2.45) is 0 Å². The van der Waals surface area contributed by atoms with Crippen molar-refractivity contribution in [3.8, 4) is 17.2 Å². The lowest BCUT2D eigenvalue weighted by atomic mass is 9.80. The van der Waals surface area contributed by atoms with Crippen LogP contribution in [0.1, 0.15) is 51.9 Å². The molecule has 3 aromatic carbocycles. The summed E-state index contributed by atoms with van der Waals surface area (Å²) in [6.45, 7) is 0. The fourth-order valence-corrected chi connectivity index (χ4v) is 4.79. The standard InChI is InChI=1S/C28H24O7/c29-18-14-21(16-8-3-1-4-9-16)34-22-15-19(30)26(28(33)25(18)22)24(17-10-5-2-6-11-17)27(32)20-12-7-13-23(31)35-20/h1-11,13,15,20-21,24,27,30,32-33H,12,14H2/t20-,21+,24-,27-/m1/s1. The number of ether oxygens (including phenoxy) is 2. The fraction of sp³-hybridized carbons (Fsp3) is 0.214. The number of esters is 1. The predicted molar refractivity (Wildman–Crippen MR) is 126 cm³/mol. The van der Waals surface area contributed by atoms with Gasteiger partial charge in [-0.25, -0.2) is 4.79 Å². The number of fused-ring (bicyclic) bond motifs is 1. The highest BCUT2D eigenvalue weighted by Gasteiger charge is 2.40. The highest BCUT2D eigenvalue weighted by molar-refractivity contribution is 6.03. The molecule has 0 unspecified atom stereocenters. The summed E-state index contributed by atoms with van der Waals surface area (Å²) in [6.07, 6.45) is 0.412. The largest absolute Gasteiger partial charge is 0.507 e. The van der Waals surface area contributed by atoms with Crippen molar-refractivity contribution in [2.75, 3.05) is 0 Å². The predicted octanol–water partition coefficient (Wildman–Crippen LogP) is 4.17. The number of aliphatic hydroxyl groups is 1. The number of rotatable bonds is 5. The van der Waals surface area contributed by atoms with Gasteiger partial charge in [0.2, 0.25) is 0 Å². The number of aromatic hydroxyl groups is 2. The third-order valence-electron chi connectivity index (χ3n) is 6.45. The molecule has 2 aliphatic heterocycles. The molecule has 0 amide bonds. The third kappa shape index (κ3) is 4.26. The Bertz CT molecular complexity index is 1280. The van der Waals surface area contributed by atoms with E-state index in [4.69, 9.17) is 9.47 Å². The molecular weight excluding hydrogens is 448 g/mol. The van der Waals surface area contributed by atoms with Gasteiger partial charge in [0, 0.05) is 30.0 Å². The Kier molecular flexibility index (Phi) is 6.01. The van der Waals surface area contributed by atoms with Gasteiger partial charge in [-0.15, -0.1) is 0 Å². The number of carbonyl (C=O) groups is 2. The molecule has 2 aliphatic rings. The lowest BCUT2D eigenvalue weighted by molar-refractivity contribution is -0.150. The van der Waals surface area contributed by atoms with Crippen LogP contribution in [0, 0.1) is 0 Å². The quantitative estimate of drug-likeness (QED) is 0.478. The van der Waals surface area contributed by atoms with Gasteiger partial charge in [-0.2, -0.15) is 0 Å². The van der Waals surface area contributed by atoms with Crippen molar-refractivity contribution < 1.29 is 34.4 Å². The minimum Gasteiger partial charge on any atom is -0.507 e. The Morgan fingerprint density at radius 2 is 1.60 bits per heavy atom. The number of carbonyl (C=O) groups excluding carboxylic acids is 2. The molecule has 4 atom stereocenters. The van der Waals surface area contributed by atoms with E-state index < -0.39 is 35.9 Å². The van der Waals surface area contributed by atoms with Gasteiger partial charge in [0.05, 0.1) is 6.42 Å². The zero-order valence-electron chi connectivity index (χ0n) is 18.7. The molecule has 0 bridgehead atoms. The zero-order valence-corrected chi connectivity index (χ0v) is 18.7. The van der Waals surface area contributed by atoms with Crippen LogP contribution < -0.4 is 4.74 Å². The van der Waals surface area contributed by atoms with Crippen LogP contribution in [-0.2, 0) is 9.53 Å². The van der Waals surface area contributed by atoms with Crippen LogP contribution in [0.2, 0.25) is 0 Å². The molecule has 7 heteroatoms. The Morgan fingerprint density at radius 1 is 0.914 bits per heavy atom. The first-order valence-corrected chi connectivity index (χ1v) is 11.4. The van der Waals surface area contributed by atoms with Crippen LogP contribution in [0.25, 0.3) is 0 Å². The first-order valence-electron chi connectivity index (χ1n) is 11.4. The first-order chi connectivity index (χ1) is 16.9. The Labute approximate surface area is 201 Å². The van der Waals surface area contributed by atoms with Gasteiger partial charge in [-0.1, -0.05) is 66.7 Å². The van der Waals surface area contributed by atoms with Crippen molar-refractivity contribution in [1.82, 2.24) is 0 Å². The van der Waals surface area contributed by atoms with Gasteiger partial charge < -0.3 is 24.8 Å². The second-order valence-corrected chi connectivity index (χ2v) is 8.67. The van der Waals surface area contributed by atoms with Crippen LogP contribution >= 0.6 is 0 Å². The van der Waals surface area contributed by atoms with Crippen LogP contribution in [0.5, 0.6) is 17.2 Å². The summed E-state index contributed by atoms with van der Waals surface area (Å²) in [4.78, 5) is 25.0. The highest BCUT2D eigenvalue weighted by Crippen LogP contribution is 2.49. The number of phenols is 2. The third-order valence-corrected chi connectivity index (χ3v) is 6.45. The monoisotopic (exact) mass is 472 g/mol. The van der Waals surface area contributed by atoms with Crippen molar-refractivity contribution in [1.29, 1.82) is 0 Å². The van der Waals surface area contributed by atoms with Gasteiger partial charge >= 0.3 is 5.97 Å². The van der Waals surface area contributed by atoms with E-state index in [0.717, 1.165) is 5.56 Å². The first kappa shape index (κ1) is 22.7. The summed E-state index contributed by atoms with van der Waals surface area (Å²) in [5.74, 6) is -2.63. The number of hydrogen-bond acceptors (Lipinski definition) is 7. The number of benzene rings is 3. The topological polar surface area (TPSA) is 113 Å². The molecule has 3 N–H and O–H groups in total. The lowest BCUT2D eigenvalue weighted by Crippen LogP contribution is -2.37. The van der Waals surface area contributed by atoms with Gasteiger partial charge in [0.15, 0.2) is 5.78 Å². The van der Waals surface area contributed by atoms with Crippen LogP contribution in [0.15, 0.2) is 78.9 Å². The fourth-order valence-electron chi connectivity index (χ4n) is 4.79. The van der Waals surface area contributed by atoms with E-state index in [1.165, 1.54) is 12.1 Å². The summed E-state index contributed by atoms with van der Waals surface area (Å²) in [5, 5.41) is 33.6. The number of Topliss-reactive ketones (excluding diaryl/α,β-unsaturated/α-hetero) is 1. The zero-order chi connectivity index (χ0) is 24.5. The molecule has 0 saturated heterocycles. The van der Waals surface area contributed by atoms with E-state index in [0.29, 0.717) is 5.56 Å². The average Bonchev–Trinajstić information content (AvgIpc) is 2.86. The summed E-state index contributed by atoms with van der Waals surface area (Å²) >= 11 is 0. The molecule has 0 saturated carbocycles. The van der Waals surface area contributed by atoms with Crippen molar-refractivity contribution >= 4 is 11.8 Å². The lowest BCUT2D eigenvalue weighted by Gasteiger charge is -2.33. The Hall–Kier alpha value is -4.10. The molecular formula is C28H24O7. The number of ketones is 1. The molecule has 0 radical (unpaired) electrons. The molecule has 178 valence electrons. The maximum Gasteiger partial charge on any atom is 0.330 e. The molecule has 0 aromatic heterocycles. The van der Waals surface area contributed by atoms with Crippen LogP contribution in [0.3, 0.4) is 0 Å². The van der Waals surface area contributed by atoms with Crippen molar-refractivity contribution in [2.45, 2.75) is 37.1 Å². The van der Waals surface area contributed by atoms with Crippen molar-refractivity contribution in [3.05, 3.63) is 101 Å². The molecule has 35 heavy (non-hydrogen) atoms. The van der Waals surface area contributed by atoms with Gasteiger partial charge in [-0.3, -0.25) is 4.79 Å². The second-order valence-electron chi connectivity index (χ2n) is 8.67. The number of hydrogen-bond donors (Lipinski definition) is 3. The number of phenolic OH excluding ortho intramolecular Hbond substituents is 2. The Balaban J connectivity index is 1.59. The SMILES string of the molecule is O=C1C=CC[C@H]([C@@H](O)[C@H](c2ccccc2)c2c(O)cc3c(c2O)C(=O)C[C@@H](c2ccccc2)O3)O1. The summed E-state index contributed by atoms with van der Waals surface area (Å²) in [7, 11) is 0. The van der Waals surface area contributed by atoms with E-state index in [-0.39, 0.29) is 41.3 Å². The molecule has 3 aromatic rings. The molecule has 0 spiro atoms. The molecule has 5 rings (SSSR count). The van der Waals surface area contributed by atoms with Crippen LogP contribution in [-0.4, -0.2) is 39.3 Å². The maximum absolute atomic E-state index is 13.2. The van der Waals surface area contributed by atoms with E-state index >= 15 is 0 Å². The van der Waals surface area contributed by atoms with Gasteiger partial charge in [0.25, 0.3) is 0 Å². The Morgan fingerprint density at radius 3 is 2.29 bits per heavy atom.